The number of rotatable bonds is 7. The molecule has 0 saturated carbocycles. The van der Waals surface area contributed by atoms with E-state index < -0.39 is 11.9 Å². The fourth-order valence-corrected chi connectivity index (χ4v) is 3.44. The zero-order chi connectivity index (χ0) is 21.7. The fraction of sp³-hybridized carbons (Fsp3) is 0.0909. The highest BCUT2D eigenvalue weighted by molar-refractivity contribution is 6.37. The molecule has 154 valence electrons. The number of carbonyl (C=O) groups excluding carboxylic acids is 2. The molecule has 0 saturated heterocycles. The summed E-state index contributed by atoms with van der Waals surface area (Å²) in [7, 11) is 0. The Morgan fingerprint density at radius 3 is 2.37 bits per heavy atom. The van der Waals surface area contributed by atoms with Crippen LogP contribution in [0.2, 0.25) is 15.1 Å². The number of ether oxygens (including phenoxy) is 1. The molecule has 0 fully saturated rings. The number of anilines is 1. The molecule has 1 amide bonds. The maximum absolute atomic E-state index is 12.5. The Kier molecular flexibility index (Phi) is 7.21. The third-order valence-electron chi connectivity index (χ3n) is 4.18. The first-order valence-corrected chi connectivity index (χ1v) is 9.96. The molecule has 0 atom stereocenters. The predicted molar refractivity (Wildman–Crippen MR) is 116 cm³/mol. The number of carboxylic acid groups (broad SMARTS) is 1. The summed E-state index contributed by atoms with van der Waals surface area (Å²) in [6.07, 6.45) is 0.592. The molecule has 0 aliphatic heterocycles. The third kappa shape index (κ3) is 5.66. The van der Waals surface area contributed by atoms with Gasteiger partial charge in [-0.2, -0.15) is 0 Å². The lowest BCUT2D eigenvalue weighted by molar-refractivity contribution is -0.254. The van der Waals surface area contributed by atoms with E-state index in [1.807, 2.05) is 18.2 Å². The van der Waals surface area contributed by atoms with Gasteiger partial charge in [0.15, 0.2) is 0 Å². The number of carboxylic acids is 1. The minimum atomic E-state index is -1.45. The van der Waals surface area contributed by atoms with Crippen molar-refractivity contribution in [1.29, 1.82) is 0 Å². The van der Waals surface area contributed by atoms with Crippen LogP contribution in [0, 0.1) is 0 Å². The minimum Gasteiger partial charge on any atom is -0.545 e. The number of carbonyl (C=O) groups is 2. The van der Waals surface area contributed by atoms with Gasteiger partial charge in [-0.1, -0.05) is 46.9 Å². The van der Waals surface area contributed by atoms with Crippen molar-refractivity contribution in [3.8, 4) is 5.75 Å². The molecular weight excluding hydrogens is 449 g/mol. The summed E-state index contributed by atoms with van der Waals surface area (Å²) in [6, 6.07) is 16.1. The Bertz CT molecular complexity index is 1100. The average Bonchev–Trinajstić information content (AvgIpc) is 2.68. The number of benzene rings is 3. The highest BCUT2D eigenvalue weighted by atomic mass is 35.5. The van der Waals surface area contributed by atoms with Crippen molar-refractivity contribution in [2.75, 3.05) is 11.9 Å². The number of halogens is 3. The SMILES string of the molecule is O=C(Nc1ccc(OCCc2cccc(Cl)c2)cc1C(=O)[O-])c1ccc(Cl)cc1Cl. The van der Waals surface area contributed by atoms with Crippen LogP contribution in [0.15, 0.2) is 60.7 Å². The van der Waals surface area contributed by atoms with Gasteiger partial charge in [0.1, 0.15) is 5.75 Å². The highest BCUT2D eigenvalue weighted by Crippen LogP contribution is 2.25. The zero-order valence-electron chi connectivity index (χ0n) is 15.5. The van der Waals surface area contributed by atoms with Crippen LogP contribution < -0.4 is 15.2 Å². The van der Waals surface area contributed by atoms with Gasteiger partial charge in [0.05, 0.1) is 28.8 Å². The van der Waals surface area contributed by atoms with E-state index in [0.29, 0.717) is 28.8 Å². The molecule has 0 spiro atoms. The maximum atomic E-state index is 12.5. The second-order valence-electron chi connectivity index (χ2n) is 6.30. The molecule has 3 aromatic rings. The molecule has 5 nitrogen and oxygen atoms in total. The number of aromatic carboxylic acids is 1. The summed E-state index contributed by atoms with van der Waals surface area (Å²) in [5, 5.41) is 15.2. The van der Waals surface area contributed by atoms with Gasteiger partial charge >= 0.3 is 0 Å². The molecule has 0 aliphatic carbocycles. The van der Waals surface area contributed by atoms with Crippen molar-refractivity contribution in [2.45, 2.75) is 6.42 Å². The van der Waals surface area contributed by atoms with E-state index in [2.05, 4.69) is 5.32 Å². The molecule has 30 heavy (non-hydrogen) atoms. The van der Waals surface area contributed by atoms with Gasteiger partial charge in [-0.25, -0.2) is 0 Å². The van der Waals surface area contributed by atoms with Gasteiger partial charge < -0.3 is 20.0 Å². The van der Waals surface area contributed by atoms with Gasteiger partial charge in [-0.15, -0.1) is 0 Å². The van der Waals surface area contributed by atoms with Crippen LogP contribution in [0.3, 0.4) is 0 Å². The number of amides is 1. The van der Waals surface area contributed by atoms with Gasteiger partial charge in [0.25, 0.3) is 5.91 Å². The van der Waals surface area contributed by atoms with Crippen molar-refractivity contribution >= 4 is 52.4 Å². The van der Waals surface area contributed by atoms with Gasteiger partial charge in [0.2, 0.25) is 0 Å². The molecule has 1 N–H and O–H groups in total. The fourth-order valence-electron chi connectivity index (χ4n) is 2.73. The summed E-state index contributed by atoms with van der Waals surface area (Å²) in [5.74, 6) is -1.69. The van der Waals surface area contributed by atoms with E-state index in [-0.39, 0.29) is 21.8 Å². The Labute approximate surface area is 188 Å². The quantitative estimate of drug-likeness (QED) is 0.541. The topological polar surface area (TPSA) is 78.5 Å². The molecule has 0 aliphatic rings. The summed E-state index contributed by atoms with van der Waals surface area (Å²) in [6.45, 7) is 0.318. The second kappa shape index (κ2) is 9.85. The lowest BCUT2D eigenvalue weighted by Gasteiger charge is -2.15. The average molecular weight is 464 g/mol. The van der Waals surface area contributed by atoms with E-state index in [0.717, 1.165) is 5.56 Å². The van der Waals surface area contributed by atoms with Crippen LogP contribution in [-0.2, 0) is 6.42 Å². The Morgan fingerprint density at radius 1 is 0.900 bits per heavy atom. The summed E-state index contributed by atoms with van der Waals surface area (Å²) < 4.78 is 5.63. The van der Waals surface area contributed by atoms with Crippen LogP contribution >= 0.6 is 34.8 Å². The summed E-state index contributed by atoms with van der Waals surface area (Å²) >= 11 is 17.8. The van der Waals surface area contributed by atoms with E-state index in [1.54, 1.807) is 12.1 Å². The number of nitrogens with one attached hydrogen (secondary N) is 1. The van der Waals surface area contributed by atoms with Crippen LogP contribution in [0.25, 0.3) is 0 Å². The van der Waals surface area contributed by atoms with Crippen LogP contribution in [-0.4, -0.2) is 18.5 Å². The van der Waals surface area contributed by atoms with E-state index >= 15 is 0 Å². The Morgan fingerprint density at radius 2 is 1.67 bits per heavy atom. The van der Waals surface area contributed by atoms with Gasteiger partial charge in [0, 0.05) is 22.0 Å². The molecule has 3 aromatic carbocycles. The zero-order valence-corrected chi connectivity index (χ0v) is 17.7. The van der Waals surface area contributed by atoms with Crippen LogP contribution in [0.5, 0.6) is 5.75 Å². The van der Waals surface area contributed by atoms with Gasteiger partial charge in [-0.3, -0.25) is 4.79 Å². The minimum absolute atomic E-state index is 0.0632. The largest absolute Gasteiger partial charge is 0.545 e. The summed E-state index contributed by atoms with van der Waals surface area (Å²) in [4.78, 5) is 24.0. The van der Waals surface area contributed by atoms with Crippen molar-refractivity contribution in [3.63, 3.8) is 0 Å². The molecule has 0 aromatic heterocycles. The smallest absolute Gasteiger partial charge is 0.257 e. The maximum Gasteiger partial charge on any atom is 0.257 e. The standard InChI is InChI=1S/C22H16Cl3NO4/c23-14-3-1-2-13(10-14)8-9-30-16-5-7-20(18(12-16)22(28)29)26-21(27)17-6-4-15(24)11-19(17)25/h1-7,10-12H,8-9H2,(H,26,27)(H,28,29)/p-1. The lowest BCUT2D eigenvalue weighted by Crippen LogP contribution is -2.25. The van der Waals surface area contributed by atoms with Gasteiger partial charge in [-0.05, 0) is 54.1 Å². The normalized spacial score (nSPS) is 10.5. The van der Waals surface area contributed by atoms with Crippen LogP contribution in [0.1, 0.15) is 26.3 Å². The number of hydrogen-bond acceptors (Lipinski definition) is 4. The first-order chi connectivity index (χ1) is 14.3. The number of hydrogen-bond donors (Lipinski definition) is 1. The first kappa shape index (κ1) is 22.0. The third-order valence-corrected chi connectivity index (χ3v) is 4.97. The van der Waals surface area contributed by atoms with Crippen LogP contribution in [0.4, 0.5) is 5.69 Å². The van der Waals surface area contributed by atoms with Crippen molar-refractivity contribution in [3.05, 3.63) is 92.4 Å². The Balaban J connectivity index is 1.71. The second-order valence-corrected chi connectivity index (χ2v) is 7.58. The molecule has 0 radical (unpaired) electrons. The molecule has 0 heterocycles. The monoisotopic (exact) mass is 462 g/mol. The van der Waals surface area contributed by atoms with E-state index in [1.165, 1.54) is 30.3 Å². The van der Waals surface area contributed by atoms with E-state index in [9.17, 15) is 14.7 Å². The van der Waals surface area contributed by atoms with Crippen molar-refractivity contribution in [1.82, 2.24) is 0 Å². The molecule has 0 bridgehead atoms. The molecular formula is C22H15Cl3NO4-. The lowest BCUT2D eigenvalue weighted by atomic mass is 10.1. The van der Waals surface area contributed by atoms with Crippen molar-refractivity contribution in [2.24, 2.45) is 0 Å². The van der Waals surface area contributed by atoms with E-state index in [4.69, 9.17) is 39.5 Å². The molecule has 8 heteroatoms. The first-order valence-electron chi connectivity index (χ1n) is 8.82. The van der Waals surface area contributed by atoms with Crippen molar-refractivity contribution < 1.29 is 19.4 Å². The molecule has 3 rings (SSSR count). The summed E-state index contributed by atoms with van der Waals surface area (Å²) in [5.41, 5.74) is 1.00. The Hall–Kier alpha value is -2.73. The molecule has 0 unspecified atom stereocenters. The predicted octanol–water partition coefficient (Wildman–Crippen LogP) is 4.88. The highest BCUT2D eigenvalue weighted by Gasteiger charge is 2.14.